The van der Waals surface area contributed by atoms with E-state index >= 15 is 0 Å². The molecular weight excluding hydrogens is 502 g/mol. The van der Waals surface area contributed by atoms with Gasteiger partial charge in [0.25, 0.3) is 0 Å². The van der Waals surface area contributed by atoms with Crippen LogP contribution < -0.4 is 0 Å². The molecule has 0 amide bonds. The molecule has 0 spiro atoms. The van der Waals surface area contributed by atoms with Crippen LogP contribution in [-0.2, 0) is 18.0 Å². The number of ether oxygens (including phenoxy) is 1. The number of hydrogen-bond acceptors (Lipinski definition) is 6. The van der Waals surface area contributed by atoms with Crippen LogP contribution >= 0.6 is 0 Å². The van der Waals surface area contributed by atoms with Gasteiger partial charge in [-0.05, 0) is 55.0 Å². The first-order chi connectivity index (χ1) is 18.8. The van der Waals surface area contributed by atoms with Gasteiger partial charge in [0, 0.05) is 55.8 Å². The summed E-state index contributed by atoms with van der Waals surface area (Å²) in [4.78, 5) is 11.8. The molecule has 2 atom stereocenters. The van der Waals surface area contributed by atoms with E-state index in [2.05, 4.69) is 70.5 Å². The normalized spacial score (nSPS) is 21.6. The molecule has 0 aliphatic carbocycles. The quantitative estimate of drug-likeness (QED) is 0.221. The molecular formula is C31H37N5O2Si. The molecule has 202 valence electrons. The number of fused-ring (bicyclic) bond motifs is 5. The van der Waals surface area contributed by atoms with Crippen molar-refractivity contribution in [1.29, 1.82) is 5.26 Å². The molecule has 3 aromatic heterocycles. The molecule has 2 bridgehead atoms. The Morgan fingerprint density at radius 3 is 2.44 bits per heavy atom. The van der Waals surface area contributed by atoms with Crippen molar-refractivity contribution < 1.29 is 9.84 Å². The van der Waals surface area contributed by atoms with E-state index in [0.29, 0.717) is 24.5 Å². The molecule has 5 heterocycles. The van der Waals surface area contributed by atoms with Gasteiger partial charge in [-0.1, -0.05) is 43.9 Å². The highest BCUT2D eigenvalue weighted by molar-refractivity contribution is 6.76. The summed E-state index contributed by atoms with van der Waals surface area (Å²) in [6, 6.07) is 17.1. The lowest BCUT2D eigenvalue weighted by atomic mass is 9.98. The van der Waals surface area contributed by atoms with Crippen molar-refractivity contribution in [3.63, 3.8) is 0 Å². The van der Waals surface area contributed by atoms with Crippen LogP contribution in [0.5, 0.6) is 0 Å². The summed E-state index contributed by atoms with van der Waals surface area (Å²) in [7, 11) is -1.18. The van der Waals surface area contributed by atoms with Crippen molar-refractivity contribution in [3.8, 4) is 17.2 Å². The van der Waals surface area contributed by atoms with Crippen LogP contribution in [0, 0.1) is 11.3 Å². The highest BCUT2D eigenvalue weighted by atomic mass is 28.3. The predicted molar refractivity (Wildman–Crippen MR) is 157 cm³/mol. The van der Waals surface area contributed by atoms with Gasteiger partial charge in [0.15, 0.2) is 0 Å². The number of nitrogens with zero attached hydrogens (tertiary/aromatic N) is 5. The first-order valence-electron chi connectivity index (χ1n) is 14.1. The van der Waals surface area contributed by atoms with Crippen molar-refractivity contribution in [1.82, 2.24) is 19.4 Å². The number of hydrogen-bond donors (Lipinski definition) is 1. The summed E-state index contributed by atoms with van der Waals surface area (Å²) in [6.45, 7) is 9.13. The molecule has 8 heteroatoms. The van der Waals surface area contributed by atoms with Crippen LogP contribution in [-0.4, -0.2) is 57.4 Å². The number of benzene rings is 1. The summed E-state index contributed by atoms with van der Waals surface area (Å²) < 4.78 is 8.16. The molecule has 39 heavy (non-hydrogen) atoms. The van der Waals surface area contributed by atoms with Gasteiger partial charge in [-0.3, -0.25) is 9.47 Å². The van der Waals surface area contributed by atoms with Gasteiger partial charge in [0.2, 0.25) is 0 Å². The van der Waals surface area contributed by atoms with E-state index in [-0.39, 0.29) is 6.10 Å². The monoisotopic (exact) mass is 539 g/mol. The van der Waals surface area contributed by atoms with Gasteiger partial charge in [-0.2, -0.15) is 5.26 Å². The molecule has 1 N–H and O–H groups in total. The molecule has 1 aromatic carbocycles. The lowest BCUT2D eigenvalue weighted by Crippen LogP contribution is -2.44. The molecule has 0 saturated carbocycles. The van der Waals surface area contributed by atoms with Gasteiger partial charge in [0.1, 0.15) is 24.1 Å². The third-order valence-electron chi connectivity index (χ3n) is 8.43. The maximum atomic E-state index is 10.1. The Balaban J connectivity index is 1.27. The number of aliphatic hydroxyl groups excluding tert-OH is 1. The van der Waals surface area contributed by atoms with Crippen molar-refractivity contribution in [2.75, 3.05) is 6.61 Å². The average molecular weight is 540 g/mol. The summed E-state index contributed by atoms with van der Waals surface area (Å²) in [5, 5.41) is 21.6. The standard InChI is InChI=1S/C31H37N5O2Si/c1-39(2,3)11-10-38-20-36-30-18-33-24(16-32)13-28(30)29-12-23(17-34-31(29)36)22-6-4-21(5-7-22)19-35-25-8-9-26(35)15-27(37)14-25/h4-7,12-13,17-18,25-27,37H,8-11,14-15,19-20H2,1-3H3. The van der Waals surface area contributed by atoms with Gasteiger partial charge < -0.3 is 9.84 Å². The van der Waals surface area contributed by atoms with Gasteiger partial charge in [-0.15, -0.1) is 0 Å². The van der Waals surface area contributed by atoms with Crippen LogP contribution in [0.15, 0.2) is 48.8 Å². The minimum atomic E-state index is -1.18. The zero-order valence-electron chi connectivity index (χ0n) is 23.1. The molecule has 0 radical (unpaired) electrons. The van der Waals surface area contributed by atoms with Gasteiger partial charge in [-0.25, -0.2) is 9.97 Å². The summed E-state index contributed by atoms with van der Waals surface area (Å²) in [5.74, 6) is 0. The second-order valence-electron chi connectivity index (χ2n) is 12.4. The first-order valence-corrected chi connectivity index (χ1v) is 17.8. The van der Waals surface area contributed by atoms with E-state index in [1.165, 1.54) is 18.4 Å². The number of aliphatic hydroxyl groups is 1. The maximum absolute atomic E-state index is 10.1. The lowest BCUT2D eigenvalue weighted by molar-refractivity contribution is 0.0310. The van der Waals surface area contributed by atoms with Gasteiger partial charge >= 0.3 is 0 Å². The minimum Gasteiger partial charge on any atom is -0.393 e. The number of piperidine rings is 1. The summed E-state index contributed by atoms with van der Waals surface area (Å²) >= 11 is 0. The van der Waals surface area contributed by atoms with Gasteiger partial charge in [0.05, 0.1) is 17.8 Å². The molecule has 6 rings (SSSR count). The zero-order chi connectivity index (χ0) is 27.1. The summed E-state index contributed by atoms with van der Waals surface area (Å²) in [6.07, 6.45) is 7.77. The van der Waals surface area contributed by atoms with Crippen LogP contribution in [0.4, 0.5) is 0 Å². The number of aromatic nitrogens is 3. The van der Waals surface area contributed by atoms with Crippen molar-refractivity contribution in [2.45, 2.75) is 82.8 Å². The van der Waals surface area contributed by atoms with Crippen LogP contribution in [0.25, 0.3) is 33.1 Å². The number of rotatable bonds is 8. The topological polar surface area (TPSA) is 87.2 Å². The van der Waals surface area contributed by atoms with Crippen LogP contribution in [0.2, 0.25) is 25.7 Å². The lowest BCUT2D eigenvalue weighted by Gasteiger charge is -2.37. The SMILES string of the molecule is C[Si](C)(C)CCOCn1c2cnc(C#N)cc2c2cc(-c3ccc(CN4C5CCC4CC(O)C5)cc3)cnc21. The number of pyridine rings is 2. The Bertz CT molecular complexity index is 1520. The second kappa shape index (κ2) is 10.5. The third kappa shape index (κ3) is 5.37. The van der Waals surface area contributed by atoms with E-state index in [4.69, 9.17) is 9.72 Å². The Labute approximate surface area is 231 Å². The summed E-state index contributed by atoms with van der Waals surface area (Å²) in [5.41, 5.74) is 5.64. The minimum absolute atomic E-state index is 0.133. The molecule has 2 unspecified atom stereocenters. The third-order valence-corrected chi connectivity index (χ3v) is 10.1. The average Bonchev–Trinajstić information content (AvgIpc) is 3.35. The molecule has 2 saturated heterocycles. The van der Waals surface area contributed by atoms with Crippen LogP contribution in [0.1, 0.15) is 36.9 Å². The van der Waals surface area contributed by atoms with Crippen molar-refractivity contribution in [3.05, 3.63) is 60.0 Å². The molecule has 2 fully saturated rings. The smallest absolute Gasteiger partial charge is 0.142 e. The largest absolute Gasteiger partial charge is 0.393 e. The van der Waals surface area contributed by atoms with Crippen LogP contribution in [0.3, 0.4) is 0 Å². The second-order valence-corrected chi connectivity index (χ2v) is 18.1. The Hall–Kier alpha value is -3.09. The molecule has 2 aliphatic heterocycles. The van der Waals surface area contributed by atoms with E-state index in [0.717, 1.165) is 65.1 Å². The molecule has 7 nitrogen and oxygen atoms in total. The number of nitriles is 1. The molecule has 4 aromatic rings. The predicted octanol–water partition coefficient (Wildman–Crippen LogP) is 5.92. The highest BCUT2D eigenvalue weighted by Crippen LogP contribution is 2.37. The Morgan fingerprint density at radius 2 is 1.74 bits per heavy atom. The fourth-order valence-electron chi connectivity index (χ4n) is 6.26. The fraction of sp³-hybridized carbons (Fsp3) is 0.452. The zero-order valence-corrected chi connectivity index (χ0v) is 24.1. The highest BCUT2D eigenvalue weighted by Gasteiger charge is 2.39. The van der Waals surface area contributed by atoms with Crippen molar-refractivity contribution in [2.24, 2.45) is 0 Å². The van der Waals surface area contributed by atoms with E-state index in [9.17, 15) is 10.4 Å². The Morgan fingerprint density at radius 1 is 1.00 bits per heavy atom. The van der Waals surface area contributed by atoms with E-state index in [1.807, 2.05) is 12.3 Å². The van der Waals surface area contributed by atoms with E-state index in [1.54, 1.807) is 6.20 Å². The fourth-order valence-corrected chi connectivity index (χ4v) is 7.02. The first kappa shape index (κ1) is 26.1. The van der Waals surface area contributed by atoms with Crippen molar-refractivity contribution >= 4 is 30.0 Å². The Kier molecular flexibility index (Phi) is 7.02. The van der Waals surface area contributed by atoms with E-state index < -0.39 is 8.07 Å². The molecule has 2 aliphatic rings. The maximum Gasteiger partial charge on any atom is 0.142 e.